The number of hydrogen-bond donors (Lipinski definition) is 3. The van der Waals surface area contributed by atoms with E-state index in [0.717, 1.165) is 31.0 Å². The normalized spacial score (nSPS) is 23.0. The summed E-state index contributed by atoms with van der Waals surface area (Å²) < 4.78 is 0. The van der Waals surface area contributed by atoms with Crippen molar-refractivity contribution in [3.05, 3.63) is 108 Å². The molecule has 0 aromatic heterocycles. The van der Waals surface area contributed by atoms with E-state index in [-0.39, 0.29) is 175 Å². The zero-order valence-corrected chi connectivity index (χ0v) is 72.6. The Morgan fingerprint density at radius 3 is 0.703 bits per heavy atom. The predicted molar refractivity (Wildman–Crippen MR) is 333 cm³/mol. The third-order valence-electron chi connectivity index (χ3n) is 12.7. The van der Waals surface area contributed by atoms with Crippen LogP contribution in [0.4, 0.5) is 17.1 Å². The van der Waals surface area contributed by atoms with E-state index in [1.807, 2.05) is 27.7 Å². The van der Waals surface area contributed by atoms with Gasteiger partial charge in [-0.25, -0.2) is 0 Å². The van der Waals surface area contributed by atoms with Crippen molar-refractivity contribution in [1.29, 1.82) is 0 Å². The van der Waals surface area contributed by atoms with Crippen LogP contribution in [0.1, 0.15) is 80.1 Å². The summed E-state index contributed by atoms with van der Waals surface area (Å²) in [6.45, 7) is 34.9. The molecule has 12 rings (SSSR count). The molecule has 9 aliphatic rings. The van der Waals surface area contributed by atoms with Crippen molar-refractivity contribution in [3.63, 3.8) is 0 Å². The Morgan fingerprint density at radius 1 is 0.419 bits per heavy atom. The summed E-state index contributed by atoms with van der Waals surface area (Å²) in [5.74, 6) is 2.70. The Hall–Kier alpha value is 3.96. The minimum Gasteiger partial charge on any atom is -0.381 e. The molecule has 9 heterocycles. The molecule has 3 atom stereocenters. The second-order valence-electron chi connectivity index (χ2n) is 20.5. The number of piperidine rings is 9. The number of nitrogens with zero attached hydrogens (tertiary/aromatic N) is 3. The average Bonchev–Trinajstić information content (AvgIpc) is 3.39. The van der Waals surface area contributed by atoms with Crippen molar-refractivity contribution in [2.75, 3.05) is 95.0 Å². The molecule has 9 saturated heterocycles. The van der Waals surface area contributed by atoms with Gasteiger partial charge < -0.3 is 47.9 Å². The van der Waals surface area contributed by atoms with Gasteiger partial charge in [0.1, 0.15) is 13.2 Å². The number of fused-ring (bicyclic) bond motifs is 9. The third kappa shape index (κ3) is 44.5. The van der Waals surface area contributed by atoms with Crippen LogP contribution in [0, 0.1) is 17.8 Å². The van der Waals surface area contributed by atoms with Crippen LogP contribution in [-0.2, 0) is 0 Å². The summed E-state index contributed by atoms with van der Waals surface area (Å²) in [5, 5.41) is 11.0. The van der Waals surface area contributed by atoms with Gasteiger partial charge in [0, 0.05) is 54.8 Å². The Morgan fingerprint density at radius 2 is 0.581 bits per heavy atom. The number of rotatable bonds is 7. The molecular weight excluding hydrogens is 1340 g/mol. The van der Waals surface area contributed by atoms with E-state index in [0.29, 0.717) is 31.2 Å². The van der Waals surface area contributed by atoms with Crippen molar-refractivity contribution in [2.24, 2.45) is 17.8 Å². The molecule has 3 aromatic carbocycles. The molecule has 0 unspecified atom stereocenters. The van der Waals surface area contributed by atoms with Gasteiger partial charge in [-0.15, -0.1) is 0 Å². The van der Waals surface area contributed by atoms with Crippen LogP contribution in [-0.4, -0.2) is 165 Å². The predicted octanol–water partition coefficient (Wildman–Crippen LogP) is 6.74. The largest absolute Gasteiger partial charge is 1.00 e. The fourth-order valence-corrected chi connectivity index (χ4v) is 8.63. The second-order valence-corrected chi connectivity index (χ2v) is 37.6. The molecule has 9 fully saturated rings. The van der Waals surface area contributed by atoms with Crippen LogP contribution in [0.15, 0.2) is 91.0 Å². The van der Waals surface area contributed by atoms with Crippen LogP contribution in [0.3, 0.4) is 0 Å². The quantitative estimate of drug-likeness (QED) is 0.226. The van der Waals surface area contributed by atoms with Gasteiger partial charge in [0.05, 0.1) is 0 Å². The smallest absolute Gasteiger partial charge is 0.381 e. The summed E-state index contributed by atoms with van der Waals surface area (Å²) in [4.78, 5) is 21.9. The van der Waals surface area contributed by atoms with Crippen molar-refractivity contribution in [1.82, 2.24) is 14.7 Å². The maximum atomic E-state index is 6.21. The average molecular weight is 1450 g/mol. The van der Waals surface area contributed by atoms with Crippen molar-refractivity contribution in [2.45, 2.75) is 155 Å². The molecule has 6 bridgehead atoms. The van der Waals surface area contributed by atoms with Crippen molar-refractivity contribution in [3.8, 4) is 0 Å². The first-order valence-electron chi connectivity index (χ1n) is 28.1. The first-order valence-corrected chi connectivity index (χ1v) is 45.3. The van der Waals surface area contributed by atoms with E-state index in [9.17, 15) is 0 Å². The molecule has 0 saturated carbocycles. The summed E-state index contributed by atoms with van der Waals surface area (Å²) >= 11 is -1.09. The van der Waals surface area contributed by atoms with E-state index in [4.69, 9.17) is 17.2 Å². The van der Waals surface area contributed by atoms with E-state index < -0.39 is 39.5 Å². The Bertz CT molecular complexity index is 1360. The van der Waals surface area contributed by atoms with Crippen LogP contribution < -0.4 is 191 Å². The topological polar surface area (TPSA) is 117 Å². The molecular formula is C58H112B2N9Rb3Sn2. The standard InChI is InChI=1S/3C13H18N2.C4H12B2.2C2H6N.2C2H6.CH4N.6CH3.3Rb.2Sn/c3*1-2-4-12(5-3-1)14-13-10-15-8-6-11(13)7-9-15;1-5(2)6(3)4;2*1-2-3;3*1-2;;;;;;;;;;;/h3*1-5,11,13-14H,6-10H2;1-4H3;2*3H,2H2,1H3;2*1-2H3;2H,1H3;6*1H3;;;;;/q;;;;2*-1;;;-1;;;;;;;3*+1;;/t3*13-;;;;;;;;;;;;;;;;;/m000................./s1. The number of anilines is 3. The Kier molecular flexibility index (Phi) is 68.8. The Balaban J connectivity index is -0.000000258. The minimum absolute atomic E-state index is 0. The van der Waals surface area contributed by atoms with Gasteiger partial charge in [-0.2, -0.15) is 20.1 Å². The summed E-state index contributed by atoms with van der Waals surface area (Å²) in [7, 11) is 1.25. The van der Waals surface area contributed by atoms with E-state index in [1.54, 1.807) is 13.8 Å². The van der Waals surface area contributed by atoms with Gasteiger partial charge in [0.25, 0.3) is 0 Å². The maximum absolute atomic E-state index is 6.21. The molecule has 2 radical (unpaired) electrons. The Labute approximate surface area is 623 Å². The van der Waals surface area contributed by atoms with Crippen LogP contribution in [0.25, 0.3) is 17.2 Å². The molecule has 0 amide bonds. The molecule has 9 nitrogen and oxygen atoms in total. The summed E-state index contributed by atoms with van der Waals surface area (Å²) in [6.07, 6.45) is 8.28. The first-order chi connectivity index (χ1) is 34.2. The molecule has 16 heteroatoms. The first kappa shape index (κ1) is 86.7. The number of nitrogens with one attached hydrogen (secondary N) is 6. The molecule has 0 spiro atoms. The summed E-state index contributed by atoms with van der Waals surface area (Å²) in [6, 6.07) is 33.8. The fourth-order valence-electron chi connectivity index (χ4n) is 8.63. The van der Waals surface area contributed by atoms with E-state index in [2.05, 4.69) is 179 Å². The second kappa shape index (κ2) is 58.7. The molecule has 0 aliphatic carbocycles. The van der Waals surface area contributed by atoms with Gasteiger partial charge in [-0.3, -0.25) is 0 Å². The SMILES string of the molecule is CB(C)B(C)C.CC.CC.CC[NH-].CC[NH-].C[NH-].[CH3][Sn]([CH3])[CH3].[CH3][Sn]([CH3])[CH3].[Rb+].[Rb+].[Rb+].c1ccc(N[C@H]2CN3CCC2CC3)cc1.c1ccc(N[C@H]2CN3CCC2CC3)cc1.c1ccc(N[C@H]2CN3CCC2CC3)cc1. The molecule has 6 N–H and O–H groups in total. The van der Waals surface area contributed by atoms with Crippen LogP contribution >= 0.6 is 0 Å². The van der Waals surface area contributed by atoms with Gasteiger partial charge >= 0.3 is 244 Å². The molecule has 3 aromatic rings. The maximum Gasteiger partial charge on any atom is 1.00 e. The van der Waals surface area contributed by atoms with Crippen molar-refractivity contribution >= 4 is 69.8 Å². The van der Waals surface area contributed by atoms with Gasteiger partial charge in [0.2, 0.25) is 0 Å². The van der Waals surface area contributed by atoms with Crippen LogP contribution in [0.2, 0.25) is 56.9 Å². The van der Waals surface area contributed by atoms with E-state index in [1.165, 1.54) is 122 Å². The monoisotopic (exact) mass is 1450 g/mol. The van der Waals surface area contributed by atoms with Crippen molar-refractivity contribution < 1.29 is 175 Å². The number of benzene rings is 3. The molecule has 74 heavy (non-hydrogen) atoms. The fraction of sp³-hybridized carbons (Fsp3) is 0.690. The molecule has 406 valence electrons. The zero-order chi connectivity index (χ0) is 54.0. The van der Waals surface area contributed by atoms with Gasteiger partial charge in [-0.1, -0.05) is 123 Å². The van der Waals surface area contributed by atoms with E-state index >= 15 is 0 Å². The van der Waals surface area contributed by atoms with Gasteiger partial charge in [-0.05, 0) is 132 Å². The number of hydrogen-bond acceptors (Lipinski definition) is 6. The number of para-hydroxylation sites is 3. The minimum atomic E-state index is -0.543. The zero-order valence-electron chi connectivity index (χ0n) is 52.1. The molecule has 9 aliphatic heterocycles. The third-order valence-corrected chi connectivity index (χ3v) is 12.7. The van der Waals surface area contributed by atoms with Gasteiger partial charge in [0.15, 0.2) is 0 Å². The summed E-state index contributed by atoms with van der Waals surface area (Å²) in [5.41, 5.74) is 22.0. The van der Waals surface area contributed by atoms with Crippen LogP contribution in [0.5, 0.6) is 0 Å².